The number of halogens is 1. The average molecular weight is 257 g/mol. The van der Waals surface area contributed by atoms with E-state index in [1.165, 1.54) is 5.69 Å². The van der Waals surface area contributed by atoms with Crippen molar-refractivity contribution in [2.24, 2.45) is 5.73 Å². The number of rotatable bonds is 3. The van der Waals surface area contributed by atoms with Crippen LogP contribution in [0.15, 0.2) is 22.7 Å². The Morgan fingerprint density at radius 3 is 2.50 bits per heavy atom. The summed E-state index contributed by atoms with van der Waals surface area (Å²) in [4.78, 5) is 2.23. The van der Waals surface area contributed by atoms with Gasteiger partial charge in [-0.3, -0.25) is 0 Å². The Labute approximate surface area is 94.2 Å². The number of nitrogens with zero attached hydrogens (tertiary/aromatic N) is 1. The Morgan fingerprint density at radius 1 is 1.43 bits per heavy atom. The summed E-state index contributed by atoms with van der Waals surface area (Å²) in [7, 11) is 2.09. The minimum atomic E-state index is 0.505. The van der Waals surface area contributed by atoms with E-state index in [-0.39, 0.29) is 0 Å². The third-order valence-corrected chi connectivity index (χ3v) is 3.18. The van der Waals surface area contributed by atoms with Crippen LogP contribution in [0.3, 0.4) is 0 Å². The summed E-state index contributed by atoms with van der Waals surface area (Å²) in [5, 5.41) is 0. The molecular weight excluding hydrogens is 240 g/mol. The van der Waals surface area contributed by atoms with E-state index in [0.717, 1.165) is 10.0 Å². The lowest BCUT2D eigenvalue weighted by molar-refractivity contribution is 0.754. The predicted octanol–water partition coefficient (Wildman–Crippen LogP) is 2.75. The molecule has 0 aliphatic rings. The summed E-state index contributed by atoms with van der Waals surface area (Å²) >= 11 is 3.52. The molecule has 0 aliphatic heterocycles. The fourth-order valence-electron chi connectivity index (χ4n) is 1.22. The molecule has 0 amide bonds. The van der Waals surface area contributed by atoms with Gasteiger partial charge in [0.15, 0.2) is 0 Å². The molecule has 14 heavy (non-hydrogen) atoms. The number of benzene rings is 1. The molecule has 0 fully saturated rings. The van der Waals surface area contributed by atoms with Gasteiger partial charge >= 0.3 is 0 Å². The Bertz CT molecular complexity index is 310. The van der Waals surface area contributed by atoms with Gasteiger partial charge in [-0.2, -0.15) is 0 Å². The van der Waals surface area contributed by atoms with E-state index < -0.39 is 0 Å². The molecule has 78 valence electrons. The van der Waals surface area contributed by atoms with E-state index in [2.05, 4.69) is 59.9 Å². The van der Waals surface area contributed by atoms with Crippen LogP contribution in [0, 0.1) is 0 Å². The third kappa shape index (κ3) is 2.49. The van der Waals surface area contributed by atoms with Gasteiger partial charge in [-0.1, -0.05) is 22.0 Å². The van der Waals surface area contributed by atoms with Gasteiger partial charge < -0.3 is 10.6 Å². The van der Waals surface area contributed by atoms with Crippen LogP contribution in [0.4, 0.5) is 5.69 Å². The second-order valence-corrected chi connectivity index (χ2v) is 4.54. The summed E-state index contributed by atoms with van der Waals surface area (Å²) in [6.45, 7) is 4.92. The van der Waals surface area contributed by atoms with Gasteiger partial charge in [0.05, 0.1) is 0 Å². The Morgan fingerprint density at radius 2 is 2.07 bits per heavy atom. The van der Waals surface area contributed by atoms with Crippen molar-refractivity contribution in [3.05, 3.63) is 28.2 Å². The molecule has 0 unspecified atom stereocenters. The fourth-order valence-corrected chi connectivity index (χ4v) is 1.75. The van der Waals surface area contributed by atoms with E-state index in [9.17, 15) is 0 Å². The van der Waals surface area contributed by atoms with Crippen molar-refractivity contribution < 1.29 is 0 Å². The molecule has 3 heteroatoms. The molecule has 1 rings (SSSR count). The fraction of sp³-hybridized carbons (Fsp3) is 0.455. The normalized spacial score (nSPS) is 10.7. The first-order chi connectivity index (χ1) is 6.56. The SMILES string of the molecule is CC(C)N(C)c1ccc(CN)c(Br)c1. The monoisotopic (exact) mass is 256 g/mol. The molecule has 2 N–H and O–H groups in total. The maximum Gasteiger partial charge on any atom is 0.0377 e. The lowest BCUT2D eigenvalue weighted by Crippen LogP contribution is -2.25. The van der Waals surface area contributed by atoms with E-state index in [0.29, 0.717) is 12.6 Å². The minimum absolute atomic E-state index is 0.505. The molecule has 0 atom stereocenters. The maximum atomic E-state index is 5.59. The van der Waals surface area contributed by atoms with Crippen molar-refractivity contribution in [2.45, 2.75) is 26.4 Å². The molecule has 0 heterocycles. The van der Waals surface area contributed by atoms with Gasteiger partial charge in [-0.25, -0.2) is 0 Å². The Balaban J connectivity index is 2.96. The predicted molar refractivity (Wildman–Crippen MR) is 65.6 cm³/mol. The summed E-state index contributed by atoms with van der Waals surface area (Å²) in [5.74, 6) is 0. The zero-order valence-electron chi connectivity index (χ0n) is 8.92. The molecule has 0 spiro atoms. The quantitative estimate of drug-likeness (QED) is 0.902. The van der Waals surface area contributed by atoms with Gasteiger partial charge in [0.2, 0.25) is 0 Å². The molecule has 1 aromatic carbocycles. The highest BCUT2D eigenvalue weighted by Crippen LogP contribution is 2.24. The molecule has 0 bridgehead atoms. The molecule has 2 nitrogen and oxygen atoms in total. The Kier molecular flexibility index (Phi) is 3.96. The zero-order valence-corrected chi connectivity index (χ0v) is 10.5. The molecule has 0 saturated carbocycles. The van der Waals surface area contributed by atoms with Crippen LogP contribution in [0.1, 0.15) is 19.4 Å². The van der Waals surface area contributed by atoms with E-state index in [1.807, 2.05) is 0 Å². The second kappa shape index (κ2) is 4.80. The minimum Gasteiger partial charge on any atom is -0.372 e. The van der Waals surface area contributed by atoms with Gasteiger partial charge in [-0.05, 0) is 31.5 Å². The summed E-state index contributed by atoms with van der Waals surface area (Å²) in [6.07, 6.45) is 0. The summed E-state index contributed by atoms with van der Waals surface area (Å²) in [6, 6.07) is 6.79. The molecule has 1 aromatic rings. The zero-order chi connectivity index (χ0) is 10.7. The van der Waals surface area contributed by atoms with Crippen molar-refractivity contribution in [1.82, 2.24) is 0 Å². The lowest BCUT2D eigenvalue weighted by atomic mass is 10.2. The smallest absolute Gasteiger partial charge is 0.0377 e. The van der Waals surface area contributed by atoms with Crippen LogP contribution in [-0.4, -0.2) is 13.1 Å². The molecular formula is C11H17BrN2. The van der Waals surface area contributed by atoms with E-state index in [4.69, 9.17) is 5.73 Å². The maximum absolute atomic E-state index is 5.59. The average Bonchev–Trinajstić information content (AvgIpc) is 2.16. The summed E-state index contributed by atoms with van der Waals surface area (Å²) < 4.78 is 1.09. The first kappa shape index (κ1) is 11.5. The second-order valence-electron chi connectivity index (χ2n) is 3.68. The van der Waals surface area contributed by atoms with Crippen molar-refractivity contribution in [2.75, 3.05) is 11.9 Å². The van der Waals surface area contributed by atoms with Gasteiger partial charge in [0.25, 0.3) is 0 Å². The van der Waals surface area contributed by atoms with Crippen LogP contribution in [-0.2, 0) is 6.54 Å². The van der Waals surface area contributed by atoms with E-state index in [1.54, 1.807) is 0 Å². The molecule has 0 radical (unpaired) electrons. The molecule has 0 aromatic heterocycles. The largest absolute Gasteiger partial charge is 0.372 e. The van der Waals surface area contributed by atoms with Crippen LogP contribution in [0.25, 0.3) is 0 Å². The third-order valence-electron chi connectivity index (χ3n) is 2.44. The first-order valence-corrected chi connectivity index (χ1v) is 5.57. The molecule has 0 saturated heterocycles. The number of hydrogen-bond acceptors (Lipinski definition) is 2. The van der Waals surface area contributed by atoms with E-state index >= 15 is 0 Å². The van der Waals surface area contributed by atoms with Crippen LogP contribution < -0.4 is 10.6 Å². The van der Waals surface area contributed by atoms with Gasteiger partial charge in [0, 0.05) is 29.8 Å². The summed E-state index contributed by atoms with van der Waals surface area (Å²) in [5.41, 5.74) is 7.95. The van der Waals surface area contributed by atoms with Crippen molar-refractivity contribution in [1.29, 1.82) is 0 Å². The Hall–Kier alpha value is -0.540. The molecule has 0 aliphatic carbocycles. The van der Waals surface area contributed by atoms with Crippen molar-refractivity contribution in [3.63, 3.8) is 0 Å². The van der Waals surface area contributed by atoms with Crippen molar-refractivity contribution >= 4 is 21.6 Å². The highest BCUT2D eigenvalue weighted by molar-refractivity contribution is 9.10. The number of hydrogen-bond donors (Lipinski definition) is 1. The van der Waals surface area contributed by atoms with Crippen LogP contribution in [0.5, 0.6) is 0 Å². The van der Waals surface area contributed by atoms with Gasteiger partial charge in [-0.15, -0.1) is 0 Å². The van der Waals surface area contributed by atoms with Crippen LogP contribution in [0.2, 0.25) is 0 Å². The number of nitrogens with two attached hydrogens (primary N) is 1. The topological polar surface area (TPSA) is 29.3 Å². The standard InChI is InChI=1S/C11H17BrN2/c1-8(2)14(3)10-5-4-9(7-13)11(12)6-10/h4-6,8H,7,13H2,1-3H3. The number of anilines is 1. The van der Waals surface area contributed by atoms with Crippen molar-refractivity contribution in [3.8, 4) is 0 Å². The van der Waals surface area contributed by atoms with Gasteiger partial charge in [0.1, 0.15) is 0 Å². The first-order valence-electron chi connectivity index (χ1n) is 4.77. The van der Waals surface area contributed by atoms with Crippen LogP contribution >= 0.6 is 15.9 Å². The highest BCUT2D eigenvalue weighted by atomic mass is 79.9. The highest BCUT2D eigenvalue weighted by Gasteiger charge is 2.06. The lowest BCUT2D eigenvalue weighted by Gasteiger charge is -2.24.